The van der Waals surface area contributed by atoms with E-state index in [1.807, 2.05) is 6.92 Å². The molecule has 3 heterocycles. The number of hydrogen-bond acceptors (Lipinski definition) is 4. The number of carbonyl (C=O) groups is 2. The van der Waals surface area contributed by atoms with Crippen molar-refractivity contribution in [2.75, 3.05) is 13.7 Å². The van der Waals surface area contributed by atoms with Gasteiger partial charge >= 0.3 is 0 Å². The van der Waals surface area contributed by atoms with Gasteiger partial charge in [-0.15, -0.1) is 0 Å². The molecule has 0 unspecified atom stereocenters. The molecular formula is C25H23Cl2FN4O3. The van der Waals surface area contributed by atoms with E-state index in [-0.39, 0.29) is 30.9 Å². The van der Waals surface area contributed by atoms with E-state index in [2.05, 4.69) is 5.10 Å². The van der Waals surface area contributed by atoms with Crippen molar-refractivity contribution in [3.8, 4) is 5.75 Å². The second-order valence-corrected chi connectivity index (χ2v) is 9.61. The molecule has 1 aromatic heterocycles. The first kappa shape index (κ1) is 23.6. The van der Waals surface area contributed by atoms with E-state index in [4.69, 9.17) is 27.9 Å². The van der Waals surface area contributed by atoms with Crippen molar-refractivity contribution in [2.45, 2.75) is 39.0 Å². The van der Waals surface area contributed by atoms with Crippen LogP contribution >= 0.6 is 23.2 Å². The van der Waals surface area contributed by atoms with Gasteiger partial charge in [0.1, 0.15) is 17.3 Å². The van der Waals surface area contributed by atoms with Gasteiger partial charge in [-0.05, 0) is 31.2 Å². The zero-order valence-corrected chi connectivity index (χ0v) is 20.7. The third kappa shape index (κ3) is 4.25. The number of carbonyl (C=O) groups excluding carboxylic acids is 2. The highest BCUT2D eigenvalue weighted by Crippen LogP contribution is 2.31. The Morgan fingerprint density at radius 3 is 2.69 bits per heavy atom. The van der Waals surface area contributed by atoms with E-state index in [0.29, 0.717) is 52.1 Å². The number of fused-ring (bicyclic) bond motifs is 3. The van der Waals surface area contributed by atoms with E-state index in [1.165, 1.54) is 13.2 Å². The van der Waals surface area contributed by atoms with Gasteiger partial charge < -0.3 is 14.5 Å². The highest BCUT2D eigenvalue weighted by molar-refractivity contribution is 6.42. The Kier molecular flexibility index (Phi) is 6.19. The van der Waals surface area contributed by atoms with Crippen LogP contribution in [0.2, 0.25) is 10.0 Å². The van der Waals surface area contributed by atoms with Crippen LogP contribution in [0.15, 0.2) is 36.4 Å². The maximum Gasteiger partial charge on any atom is 0.272 e. The average Bonchev–Trinajstić information content (AvgIpc) is 3.20. The summed E-state index contributed by atoms with van der Waals surface area (Å²) >= 11 is 12.1. The molecule has 182 valence electrons. The Morgan fingerprint density at radius 2 is 1.97 bits per heavy atom. The maximum atomic E-state index is 14.5. The van der Waals surface area contributed by atoms with Gasteiger partial charge in [-0.2, -0.15) is 5.10 Å². The molecule has 0 aliphatic carbocycles. The number of ether oxygens (including phenoxy) is 1. The van der Waals surface area contributed by atoms with Crippen LogP contribution in [0, 0.1) is 5.82 Å². The molecule has 3 aromatic rings. The second kappa shape index (κ2) is 9.17. The van der Waals surface area contributed by atoms with Gasteiger partial charge in [0.25, 0.3) is 11.8 Å². The van der Waals surface area contributed by atoms with Crippen LogP contribution in [0.25, 0.3) is 0 Å². The van der Waals surface area contributed by atoms with Gasteiger partial charge in [0.2, 0.25) is 0 Å². The average molecular weight is 517 g/mol. The summed E-state index contributed by atoms with van der Waals surface area (Å²) in [6.07, 6.45) is 0.531. The molecule has 5 rings (SSSR count). The van der Waals surface area contributed by atoms with Crippen molar-refractivity contribution in [1.29, 1.82) is 0 Å². The van der Waals surface area contributed by atoms with Crippen LogP contribution in [-0.2, 0) is 26.1 Å². The minimum absolute atomic E-state index is 0.110. The number of halogens is 3. The van der Waals surface area contributed by atoms with Crippen molar-refractivity contribution >= 4 is 35.0 Å². The van der Waals surface area contributed by atoms with Crippen LogP contribution in [0.5, 0.6) is 5.75 Å². The molecule has 2 aliphatic rings. The number of amides is 2. The highest BCUT2D eigenvalue weighted by atomic mass is 35.5. The van der Waals surface area contributed by atoms with Gasteiger partial charge in [0.15, 0.2) is 0 Å². The molecule has 0 saturated carbocycles. The fourth-order valence-electron chi connectivity index (χ4n) is 4.67. The van der Waals surface area contributed by atoms with Gasteiger partial charge in [0, 0.05) is 48.3 Å². The molecule has 0 bridgehead atoms. The Balaban J connectivity index is 1.41. The quantitative estimate of drug-likeness (QED) is 0.508. The first-order valence-electron chi connectivity index (χ1n) is 11.2. The Hall–Kier alpha value is -3.10. The predicted octanol–water partition coefficient (Wildman–Crippen LogP) is 4.58. The van der Waals surface area contributed by atoms with Gasteiger partial charge in [-0.3, -0.25) is 14.3 Å². The fraction of sp³-hybridized carbons (Fsp3) is 0.320. The largest absolute Gasteiger partial charge is 0.497 e. The lowest BCUT2D eigenvalue weighted by Crippen LogP contribution is -2.44. The number of rotatable bonds is 4. The van der Waals surface area contributed by atoms with Crippen LogP contribution in [0.3, 0.4) is 0 Å². The molecular weight excluding hydrogens is 494 g/mol. The van der Waals surface area contributed by atoms with Gasteiger partial charge in [-0.1, -0.05) is 29.3 Å². The summed E-state index contributed by atoms with van der Waals surface area (Å²) in [5.41, 5.74) is 2.85. The van der Waals surface area contributed by atoms with E-state index in [0.717, 1.165) is 11.3 Å². The van der Waals surface area contributed by atoms with E-state index in [1.54, 1.807) is 44.8 Å². The molecule has 35 heavy (non-hydrogen) atoms. The number of aromatic nitrogens is 2. The fourth-order valence-corrected chi connectivity index (χ4v) is 4.97. The number of hydrogen-bond donors (Lipinski definition) is 0. The summed E-state index contributed by atoms with van der Waals surface area (Å²) in [5.74, 6) is -0.423. The summed E-state index contributed by atoms with van der Waals surface area (Å²) in [4.78, 5) is 30.1. The van der Waals surface area contributed by atoms with Crippen LogP contribution in [-0.4, -0.2) is 51.1 Å². The monoisotopic (exact) mass is 516 g/mol. The summed E-state index contributed by atoms with van der Waals surface area (Å²) in [6.45, 7) is 3.26. The van der Waals surface area contributed by atoms with Crippen molar-refractivity contribution in [3.05, 3.63) is 80.3 Å². The lowest BCUT2D eigenvalue weighted by Gasteiger charge is -2.34. The summed E-state index contributed by atoms with van der Waals surface area (Å²) in [5, 5.41) is 5.35. The maximum absolute atomic E-state index is 14.5. The summed E-state index contributed by atoms with van der Waals surface area (Å²) in [7, 11) is 1.48. The number of benzene rings is 2. The Bertz CT molecular complexity index is 1340. The molecule has 2 aromatic carbocycles. The van der Waals surface area contributed by atoms with E-state index < -0.39 is 5.82 Å². The lowest BCUT2D eigenvalue weighted by atomic mass is 9.97. The third-order valence-electron chi connectivity index (χ3n) is 6.60. The van der Waals surface area contributed by atoms with E-state index >= 15 is 0 Å². The van der Waals surface area contributed by atoms with Crippen molar-refractivity contribution < 1.29 is 18.7 Å². The van der Waals surface area contributed by atoms with Gasteiger partial charge in [-0.25, -0.2) is 4.39 Å². The second-order valence-electron chi connectivity index (χ2n) is 8.80. The Morgan fingerprint density at radius 1 is 1.17 bits per heavy atom. The molecule has 2 aliphatic heterocycles. The predicted molar refractivity (Wildman–Crippen MR) is 129 cm³/mol. The first-order valence-corrected chi connectivity index (χ1v) is 12.0. The highest BCUT2D eigenvalue weighted by Gasteiger charge is 2.37. The molecule has 0 radical (unpaired) electrons. The molecule has 1 atom stereocenters. The zero-order chi connectivity index (χ0) is 24.9. The van der Waals surface area contributed by atoms with Crippen LogP contribution < -0.4 is 4.74 Å². The molecule has 0 saturated heterocycles. The molecule has 0 N–H and O–H groups in total. The standard InChI is InChI=1S/C25H23Cl2FN4O3/c1-14-9-22-18(13-31(14)24(33)15-4-6-19(26)20(27)10-15)23-25(34)30(7-8-32(23)29-22)12-16-3-5-17(35-2)11-21(16)28/h3-6,10-11,14H,7-9,12-13H2,1-2H3/t14-/m1/s1. The Labute approximate surface area is 212 Å². The van der Waals surface area contributed by atoms with Crippen molar-refractivity contribution in [1.82, 2.24) is 19.6 Å². The van der Waals surface area contributed by atoms with Gasteiger partial charge in [0.05, 0.1) is 35.9 Å². The normalized spacial score (nSPS) is 17.3. The lowest BCUT2D eigenvalue weighted by molar-refractivity contribution is 0.0636. The minimum Gasteiger partial charge on any atom is -0.497 e. The smallest absolute Gasteiger partial charge is 0.272 e. The topological polar surface area (TPSA) is 67.7 Å². The zero-order valence-electron chi connectivity index (χ0n) is 19.2. The number of methoxy groups -OCH3 is 1. The summed E-state index contributed by atoms with van der Waals surface area (Å²) in [6, 6.07) is 9.29. The van der Waals surface area contributed by atoms with Crippen LogP contribution in [0.4, 0.5) is 4.39 Å². The molecule has 7 nitrogen and oxygen atoms in total. The van der Waals surface area contributed by atoms with Crippen molar-refractivity contribution in [2.24, 2.45) is 0 Å². The molecule has 0 spiro atoms. The number of nitrogens with zero attached hydrogens (tertiary/aromatic N) is 4. The molecule has 0 fully saturated rings. The molecule has 2 amide bonds. The van der Waals surface area contributed by atoms with E-state index in [9.17, 15) is 14.0 Å². The first-order chi connectivity index (χ1) is 16.8. The SMILES string of the molecule is COc1ccc(CN2CCn3nc4c(c3C2=O)CN(C(=O)c2ccc(Cl)c(Cl)c2)[C@H](C)C4)c(F)c1. The third-order valence-corrected chi connectivity index (χ3v) is 7.34. The molecule has 10 heteroatoms. The minimum atomic E-state index is -0.425. The summed E-state index contributed by atoms with van der Waals surface area (Å²) < 4.78 is 21.3. The van der Waals surface area contributed by atoms with Crippen LogP contribution in [0.1, 0.15) is 44.6 Å². The van der Waals surface area contributed by atoms with Crippen molar-refractivity contribution in [3.63, 3.8) is 0 Å².